The molecule has 2 amide bonds. The molecule has 3 atom stereocenters. The van der Waals surface area contributed by atoms with Gasteiger partial charge in [-0.1, -0.05) is 36.4 Å². The van der Waals surface area contributed by atoms with Crippen LogP contribution in [0.5, 0.6) is 0 Å². The fourth-order valence-electron chi connectivity index (χ4n) is 6.11. The summed E-state index contributed by atoms with van der Waals surface area (Å²) < 4.78 is 0. The summed E-state index contributed by atoms with van der Waals surface area (Å²) >= 11 is 0. The average molecular weight is 681 g/mol. The first-order valence-corrected chi connectivity index (χ1v) is 16.7. The number of unbranched alkanes of at least 4 members (excludes halogenated alkanes) is 1. The minimum Gasteiger partial charge on any atom is -0.374 e. The SMILES string of the molecule is CN[C@@H](CCCNC(=N)N)C(=O)NCCCC[C@H](NC(=O)c1ccc(NC2c3ccccc3-c3cc(-c4nn[nH]n4)ccc32)cc1)C(=O)CN. The number of fused-ring (bicyclic) bond motifs is 3. The van der Waals surface area contributed by atoms with Crippen LogP contribution in [0.2, 0.25) is 0 Å². The van der Waals surface area contributed by atoms with Crippen molar-refractivity contribution in [2.45, 2.75) is 50.2 Å². The molecule has 0 fully saturated rings. The number of benzene rings is 3. The number of anilines is 1. The van der Waals surface area contributed by atoms with Gasteiger partial charge in [-0.25, -0.2) is 0 Å². The minimum absolute atomic E-state index is 0.0972. The third-order valence-electron chi connectivity index (χ3n) is 8.75. The topological polar surface area (TPSA) is 242 Å². The number of guanidine groups is 1. The molecule has 1 aliphatic rings. The molecule has 0 radical (unpaired) electrons. The quantitative estimate of drug-likeness (QED) is 0.0417. The Hall–Kier alpha value is -5.67. The number of tetrazole rings is 1. The first kappa shape index (κ1) is 35.6. The zero-order valence-corrected chi connectivity index (χ0v) is 28.0. The lowest BCUT2D eigenvalue weighted by molar-refractivity contribution is -0.123. The Balaban J connectivity index is 1.13. The highest BCUT2D eigenvalue weighted by atomic mass is 16.2. The van der Waals surface area contributed by atoms with Crippen molar-refractivity contribution < 1.29 is 14.4 Å². The van der Waals surface area contributed by atoms with Crippen LogP contribution in [0.1, 0.15) is 59.6 Å². The van der Waals surface area contributed by atoms with Crippen LogP contribution in [0.4, 0.5) is 5.69 Å². The van der Waals surface area contributed by atoms with E-state index in [0.29, 0.717) is 56.6 Å². The second-order valence-electron chi connectivity index (χ2n) is 12.1. The van der Waals surface area contributed by atoms with E-state index in [9.17, 15) is 14.4 Å². The van der Waals surface area contributed by atoms with E-state index in [0.717, 1.165) is 33.5 Å². The number of nitrogens with one attached hydrogen (secondary N) is 7. The van der Waals surface area contributed by atoms with Crippen LogP contribution in [0.25, 0.3) is 22.5 Å². The van der Waals surface area contributed by atoms with Gasteiger partial charge in [-0.05, 0) is 97.0 Å². The normalized spacial score (nSPS) is 14.2. The first-order chi connectivity index (χ1) is 24.3. The number of hydrogen-bond donors (Lipinski definition) is 9. The van der Waals surface area contributed by atoms with Crippen molar-refractivity contribution in [2.24, 2.45) is 11.5 Å². The molecule has 11 N–H and O–H groups in total. The van der Waals surface area contributed by atoms with Crippen molar-refractivity contribution in [2.75, 3.05) is 32.0 Å². The van der Waals surface area contributed by atoms with Gasteiger partial charge in [0, 0.05) is 29.9 Å². The fourth-order valence-corrected chi connectivity index (χ4v) is 6.11. The predicted molar refractivity (Wildman–Crippen MR) is 191 cm³/mol. The molecule has 0 spiro atoms. The predicted octanol–water partition coefficient (Wildman–Crippen LogP) is 1.81. The summed E-state index contributed by atoms with van der Waals surface area (Å²) in [7, 11) is 1.72. The lowest BCUT2D eigenvalue weighted by atomic mass is 10.0. The molecule has 1 aromatic heterocycles. The number of aromatic nitrogens is 4. The maximum atomic E-state index is 13.2. The third kappa shape index (κ3) is 8.86. The van der Waals surface area contributed by atoms with Gasteiger partial charge in [0.1, 0.15) is 0 Å². The Morgan fingerprint density at radius 1 is 0.900 bits per heavy atom. The summed E-state index contributed by atoms with van der Waals surface area (Å²) in [5.41, 5.74) is 17.5. The number of carbonyl (C=O) groups excluding carboxylic acids is 3. The Morgan fingerprint density at radius 3 is 2.36 bits per heavy atom. The molecule has 0 saturated heterocycles. The number of amides is 2. The second kappa shape index (κ2) is 17.1. The first-order valence-electron chi connectivity index (χ1n) is 16.7. The number of carbonyl (C=O) groups is 3. The number of rotatable bonds is 18. The molecule has 262 valence electrons. The number of H-pyrrole nitrogens is 1. The van der Waals surface area contributed by atoms with E-state index in [1.165, 1.54) is 0 Å². The molecule has 15 heteroatoms. The van der Waals surface area contributed by atoms with Gasteiger partial charge in [0.25, 0.3) is 5.91 Å². The van der Waals surface area contributed by atoms with Crippen LogP contribution in [0.15, 0.2) is 66.7 Å². The molecule has 3 aromatic carbocycles. The van der Waals surface area contributed by atoms with Crippen LogP contribution in [-0.4, -0.2) is 82.9 Å². The van der Waals surface area contributed by atoms with Crippen molar-refractivity contribution >= 4 is 29.2 Å². The Kier molecular flexibility index (Phi) is 12.2. The fraction of sp³-hybridized carbons (Fsp3) is 0.343. The largest absolute Gasteiger partial charge is 0.374 e. The third-order valence-corrected chi connectivity index (χ3v) is 8.75. The Labute approximate surface area is 290 Å². The van der Waals surface area contributed by atoms with E-state index in [4.69, 9.17) is 16.9 Å². The molecular formula is C35H44N12O3. The van der Waals surface area contributed by atoms with Crippen LogP contribution < -0.4 is 38.1 Å². The summed E-state index contributed by atoms with van der Waals surface area (Å²) in [6.07, 6.45) is 2.90. The zero-order chi connectivity index (χ0) is 35.5. The van der Waals surface area contributed by atoms with Crippen LogP contribution in [0.3, 0.4) is 0 Å². The summed E-state index contributed by atoms with van der Waals surface area (Å²) in [5, 5.41) is 36.7. The number of nitrogens with two attached hydrogens (primary N) is 2. The van der Waals surface area contributed by atoms with E-state index in [-0.39, 0.29) is 42.2 Å². The van der Waals surface area contributed by atoms with Crippen LogP contribution in [-0.2, 0) is 9.59 Å². The average Bonchev–Trinajstić information content (AvgIpc) is 3.78. The lowest BCUT2D eigenvalue weighted by Crippen LogP contribution is -2.44. The molecule has 5 rings (SSSR count). The maximum absolute atomic E-state index is 13.2. The molecule has 0 saturated carbocycles. The Bertz CT molecular complexity index is 1780. The van der Waals surface area contributed by atoms with E-state index in [1.807, 2.05) is 30.3 Å². The standard InChI is InChI=1S/C35H44N12O3/c1-39-29(10-6-18-41-35(37)38)34(50)40-17-5-4-9-28(30(48)20-36)43-33(49)21-11-14-23(15-12-21)42-31-25-8-3-2-7-24(25)27-19-22(13-16-26(27)31)32-44-46-47-45-32/h2-3,7-8,11-16,19,28-29,31,39,42H,4-6,9-10,17-18,20,36H2,1H3,(H,40,50)(H,43,49)(H4,37,38,41)(H,44,45,46,47)/t28-,29-,31?/m0/s1. The monoisotopic (exact) mass is 680 g/mol. The van der Waals surface area contributed by atoms with Crippen molar-refractivity contribution in [3.8, 4) is 22.5 Å². The molecule has 1 aliphatic carbocycles. The molecule has 4 aromatic rings. The highest BCUT2D eigenvalue weighted by Crippen LogP contribution is 2.46. The van der Waals surface area contributed by atoms with Crippen molar-refractivity contribution in [1.29, 1.82) is 5.41 Å². The molecule has 1 heterocycles. The summed E-state index contributed by atoms with van der Waals surface area (Å²) in [6, 6.07) is 20.3. The van der Waals surface area contributed by atoms with Gasteiger partial charge in [0.15, 0.2) is 11.7 Å². The summed E-state index contributed by atoms with van der Waals surface area (Å²) in [6.45, 7) is 0.763. The van der Waals surface area contributed by atoms with E-state index < -0.39 is 6.04 Å². The van der Waals surface area contributed by atoms with Gasteiger partial charge in [0.2, 0.25) is 11.7 Å². The molecule has 1 unspecified atom stereocenters. The number of hydrogen-bond acceptors (Lipinski definition) is 10. The van der Waals surface area contributed by atoms with E-state index in [2.05, 4.69) is 71.5 Å². The zero-order valence-electron chi connectivity index (χ0n) is 28.0. The van der Waals surface area contributed by atoms with Crippen molar-refractivity contribution in [3.05, 3.63) is 83.4 Å². The van der Waals surface area contributed by atoms with Crippen molar-refractivity contribution in [1.82, 2.24) is 41.9 Å². The summed E-state index contributed by atoms with van der Waals surface area (Å²) in [4.78, 5) is 38.3. The molecule has 0 aliphatic heterocycles. The smallest absolute Gasteiger partial charge is 0.251 e. The number of aromatic amines is 1. The summed E-state index contributed by atoms with van der Waals surface area (Å²) in [5.74, 6) is -0.303. The van der Waals surface area contributed by atoms with E-state index in [1.54, 1.807) is 19.2 Å². The van der Waals surface area contributed by atoms with Gasteiger partial charge >= 0.3 is 0 Å². The minimum atomic E-state index is -0.733. The van der Waals surface area contributed by atoms with Crippen molar-refractivity contribution in [3.63, 3.8) is 0 Å². The van der Waals surface area contributed by atoms with Gasteiger partial charge in [-0.2, -0.15) is 5.21 Å². The lowest BCUT2D eigenvalue weighted by Gasteiger charge is -2.19. The highest BCUT2D eigenvalue weighted by molar-refractivity contribution is 5.98. The van der Waals surface area contributed by atoms with Crippen LogP contribution in [0, 0.1) is 5.41 Å². The number of Topliss-reactive ketones (excluding diaryl/α,β-unsaturated/α-hetero) is 1. The van der Waals surface area contributed by atoms with E-state index >= 15 is 0 Å². The molecular weight excluding hydrogens is 636 g/mol. The van der Waals surface area contributed by atoms with Gasteiger partial charge < -0.3 is 38.1 Å². The second-order valence-corrected chi connectivity index (χ2v) is 12.1. The van der Waals surface area contributed by atoms with Gasteiger partial charge in [-0.3, -0.25) is 19.8 Å². The molecule has 50 heavy (non-hydrogen) atoms. The van der Waals surface area contributed by atoms with Gasteiger partial charge in [0.05, 0.1) is 24.7 Å². The van der Waals surface area contributed by atoms with Crippen LogP contribution >= 0.6 is 0 Å². The number of nitrogens with zero attached hydrogens (tertiary/aromatic N) is 3. The molecule has 0 bridgehead atoms. The number of likely N-dealkylation sites (N-methyl/N-ethyl adjacent to an activating group) is 1. The Morgan fingerprint density at radius 2 is 1.64 bits per heavy atom. The number of ketones is 1. The van der Waals surface area contributed by atoms with Gasteiger partial charge in [-0.15, -0.1) is 10.2 Å². The molecule has 15 nitrogen and oxygen atoms in total. The maximum Gasteiger partial charge on any atom is 0.251 e. The highest BCUT2D eigenvalue weighted by Gasteiger charge is 2.29.